The smallest absolute Gasteiger partial charge is 0.338 e. The van der Waals surface area contributed by atoms with E-state index in [9.17, 15) is 18.8 Å². The molecule has 2 aromatic rings. The molecular weight excluding hydrogens is 419 g/mol. The molecule has 0 aliphatic carbocycles. The van der Waals surface area contributed by atoms with Gasteiger partial charge in [-0.05, 0) is 57.3 Å². The number of benzene rings is 1. The van der Waals surface area contributed by atoms with Crippen LogP contribution in [0, 0.1) is 12.7 Å². The van der Waals surface area contributed by atoms with Crippen molar-refractivity contribution in [3.63, 3.8) is 0 Å². The summed E-state index contributed by atoms with van der Waals surface area (Å²) < 4.78 is 23.9. The number of hydrogen-bond donors (Lipinski definition) is 3. The van der Waals surface area contributed by atoms with Gasteiger partial charge in [-0.2, -0.15) is 0 Å². The van der Waals surface area contributed by atoms with Crippen molar-refractivity contribution in [1.29, 1.82) is 0 Å². The Morgan fingerprint density at radius 1 is 1.22 bits per heavy atom. The lowest BCUT2D eigenvalue weighted by Gasteiger charge is -2.29. The Kier molecular flexibility index (Phi) is 7.26. The van der Waals surface area contributed by atoms with Crippen LogP contribution in [0.3, 0.4) is 0 Å². The van der Waals surface area contributed by atoms with Gasteiger partial charge < -0.3 is 25.1 Å². The Morgan fingerprint density at radius 2 is 1.94 bits per heavy atom. The van der Waals surface area contributed by atoms with Crippen molar-refractivity contribution in [3.05, 3.63) is 65.0 Å². The van der Waals surface area contributed by atoms with Gasteiger partial charge in [0.05, 0.1) is 18.7 Å². The number of esters is 1. The van der Waals surface area contributed by atoms with Crippen molar-refractivity contribution in [1.82, 2.24) is 15.5 Å². The molecule has 0 saturated carbocycles. The van der Waals surface area contributed by atoms with Crippen LogP contribution in [-0.4, -0.2) is 49.6 Å². The second-order valence-electron chi connectivity index (χ2n) is 7.32. The van der Waals surface area contributed by atoms with Crippen molar-refractivity contribution in [2.75, 3.05) is 32.1 Å². The highest BCUT2D eigenvalue weighted by molar-refractivity contribution is 5.95. The molecule has 9 nitrogen and oxygen atoms in total. The van der Waals surface area contributed by atoms with Crippen molar-refractivity contribution in [3.8, 4) is 0 Å². The number of nitrogens with zero attached hydrogens (tertiary/aromatic N) is 1. The van der Waals surface area contributed by atoms with Gasteiger partial charge in [-0.1, -0.05) is 0 Å². The summed E-state index contributed by atoms with van der Waals surface area (Å²) in [5.41, 5.74) is 0.967. The highest BCUT2D eigenvalue weighted by Crippen LogP contribution is 2.29. The maximum absolute atomic E-state index is 13.0. The Balaban J connectivity index is 1.79. The van der Waals surface area contributed by atoms with E-state index in [2.05, 4.69) is 16.0 Å². The number of anilines is 1. The molecule has 1 unspecified atom stereocenters. The molecule has 0 radical (unpaired) electrons. The van der Waals surface area contributed by atoms with Crippen LogP contribution in [0.25, 0.3) is 0 Å². The molecule has 3 amide bonds. The van der Waals surface area contributed by atoms with E-state index in [-0.39, 0.29) is 31.2 Å². The van der Waals surface area contributed by atoms with Gasteiger partial charge in [0.1, 0.15) is 23.4 Å². The number of aryl methyl sites for hydroxylation is 1. The highest BCUT2D eigenvalue weighted by atomic mass is 19.1. The van der Waals surface area contributed by atoms with E-state index in [4.69, 9.17) is 9.15 Å². The van der Waals surface area contributed by atoms with Crippen LogP contribution in [0.2, 0.25) is 0 Å². The lowest BCUT2D eigenvalue weighted by atomic mass is 10.00. The summed E-state index contributed by atoms with van der Waals surface area (Å²) in [4.78, 5) is 39.0. The van der Waals surface area contributed by atoms with Gasteiger partial charge in [0.25, 0.3) is 0 Å². The molecule has 32 heavy (non-hydrogen) atoms. The summed E-state index contributed by atoms with van der Waals surface area (Å²) in [5, 5.41) is 8.00. The largest absolute Gasteiger partial charge is 0.464 e. The molecule has 0 fully saturated rings. The molecule has 1 atom stereocenters. The van der Waals surface area contributed by atoms with E-state index in [0.717, 1.165) is 0 Å². The number of hydrogen-bond acceptors (Lipinski definition) is 6. The molecule has 0 saturated heterocycles. The number of furan rings is 1. The summed E-state index contributed by atoms with van der Waals surface area (Å²) in [6.07, 6.45) is 0. The van der Waals surface area contributed by atoms with E-state index >= 15 is 0 Å². The van der Waals surface area contributed by atoms with Crippen molar-refractivity contribution >= 4 is 23.6 Å². The van der Waals surface area contributed by atoms with Gasteiger partial charge in [0.15, 0.2) is 0 Å². The van der Waals surface area contributed by atoms with Gasteiger partial charge in [-0.3, -0.25) is 9.69 Å². The van der Waals surface area contributed by atoms with Gasteiger partial charge in [-0.25, -0.2) is 14.0 Å². The van der Waals surface area contributed by atoms with Crippen LogP contribution in [0.4, 0.5) is 14.9 Å². The molecule has 10 heteroatoms. The minimum absolute atomic E-state index is 0.0369. The van der Waals surface area contributed by atoms with Crippen LogP contribution in [0.15, 0.2) is 52.1 Å². The Labute approximate surface area is 184 Å². The first-order chi connectivity index (χ1) is 15.3. The van der Waals surface area contributed by atoms with Crippen LogP contribution in [-0.2, 0) is 14.3 Å². The predicted molar refractivity (Wildman–Crippen MR) is 114 cm³/mol. The molecule has 0 spiro atoms. The van der Waals surface area contributed by atoms with E-state index in [0.29, 0.717) is 22.9 Å². The fourth-order valence-corrected chi connectivity index (χ4v) is 3.32. The number of carbonyl (C=O) groups excluding carboxylic acids is 3. The third-order valence-electron chi connectivity index (χ3n) is 4.66. The van der Waals surface area contributed by atoms with Gasteiger partial charge in [0, 0.05) is 17.9 Å². The summed E-state index contributed by atoms with van der Waals surface area (Å²) in [6.45, 7) is 3.66. The van der Waals surface area contributed by atoms with E-state index < -0.39 is 23.9 Å². The second kappa shape index (κ2) is 10.1. The second-order valence-corrected chi connectivity index (χ2v) is 7.32. The molecule has 1 aromatic heterocycles. The average molecular weight is 444 g/mol. The maximum atomic E-state index is 13.0. The van der Waals surface area contributed by atoms with E-state index in [1.807, 2.05) is 0 Å². The van der Waals surface area contributed by atoms with E-state index in [1.165, 1.54) is 24.3 Å². The van der Waals surface area contributed by atoms with Crippen LogP contribution in [0.1, 0.15) is 24.5 Å². The molecule has 3 rings (SSSR count). The van der Waals surface area contributed by atoms with Gasteiger partial charge in [0.2, 0.25) is 5.91 Å². The summed E-state index contributed by atoms with van der Waals surface area (Å²) in [5.74, 6) is -0.308. The minimum Gasteiger partial charge on any atom is -0.464 e. The minimum atomic E-state index is -0.826. The summed E-state index contributed by atoms with van der Waals surface area (Å²) in [6, 6.07) is 7.49. The number of carbonyl (C=O) groups is 3. The van der Waals surface area contributed by atoms with Crippen LogP contribution >= 0.6 is 0 Å². The number of halogens is 1. The van der Waals surface area contributed by atoms with Crippen molar-refractivity contribution < 1.29 is 27.9 Å². The predicted octanol–water partition coefficient (Wildman–Crippen LogP) is 2.47. The Morgan fingerprint density at radius 3 is 2.56 bits per heavy atom. The maximum Gasteiger partial charge on any atom is 0.338 e. The lowest BCUT2D eigenvalue weighted by Crippen LogP contribution is -2.48. The van der Waals surface area contributed by atoms with Crippen molar-refractivity contribution in [2.45, 2.75) is 19.9 Å². The first-order valence-corrected chi connectivity index (χ1v) is 10.0. The fourth-order valence-electron chi connectivity index (χ4n) is 3.32. The van der Waals surface area contributed by atoms with E-state index in [1.54, 1.807) is 37.9 Å². The topological polar surface area (TPSA) is 113 Å². The van der Waals surface area contributed by atoms with Crippen molar-refractivity contribution in [2.24, 2.45) is 0 Å². The first-order valence-electron chi connectivity index (χ1n) is 10.0. The summed E-state index contributed by atoms with van der Waals surface area (Å²) in [7, 11) is 1.67. The number of likely N-dealkylation sites (N-methyl/N-ethyl adjacent to an activating group) is 1. The molecule has 1 aromatic carbocycles. The standard InChI is InChI=1S/C22H25FN4O5/c1-4-31-21(29)19-16(25-22(30)26-20(19)17-10-5-13(2)32-17)11-27(3)12-18(28)24-15-8-6-14(23)7-9-15/h5-10,20H,4,11-12H2,1-3H3,(H,24,28)(H2,25,26,30). The quantitative estimate of drug-likeness (QED) is 0.539. The number of nitrogens with one attached hydrogen (secondary N) is 3. The SMILES string of the molecule is CCOC(=O)C1=C(CN(C)CC(=O)Nc2ccc(F)cc2)NC(=O)NC1c1ccc(C)o1. The fraction of sp³-hybridized carbons (Fsp3) is 0.318. The molecule has 170 valence electrons. The van der Waals surface area contributed by atoms with Gasteiger partial charge in [-0.15, -0.1) is 0 Å². The highest BCUT2D eigenvalue weighted by Gasteiger charge is 2.35. The van der Waals surface area contributed by atoms with Crippen LogP contribution < -0.4 is 16.0 Å². The number of ether oxygens (including phenoxy) is 1. The molecule has 1 aliphatic rings. The summed E-state index contributed by atoms with van der Waals surface area (Å²) >= 11 is 0. The van der Waals surface area contributed by atoms with Gasteiger partial charge >= 0.3 is 12.0 Å². The third kappa shape index (κ3) is 5.73. The normalized spacial score (nSPS) is 15.9. The third-order valence-corrected chi connectivity index (χ3v) is 4.66. The zero-order valence-corrected chi connectivity index (χ0v) is 18.0. The number of rotatable bonds is 8. The zero-order chi connectivity index (χ0) is 23.3. The van der Waals surface area contributed by atoms with Crippen LogP contribution in [0.5, 0.6) is 0 Å². The molecule has 2 heterocycles. The molecule has 1 aliphatic heterocycles. The number of urea groups is 1. The Hall–Kier alpha value is -3.66. The molecule has 0 bridgehead atoms. The lowest BCUT2D eigenvalue weighted by molar-refractivity contribution is -0.139. The monoisotopic (exact) mass is 444 g/mol. The zero-order valence-electron chi connectivity index (χ0n) is 18.0. The molecular formula is C22H25FN4O5. The molecule has 3 N–H and O–H groups in total. The first kappa shape index (κ1) is 23.0. The number of amides is 3. The Bertz CT molecular complexity index is 1030. The average Bonchev–Trinajstić information content (AvgIpc) is 3.15.